The van der Waals surface area contributed by atoms with E-state index in [0.29, 0.717) is 0 Å². The summed E-state index contributed by atoms with van der Waals surface area (Å²) >= 11 is 0. The number of hydrogen-bond acceptors (Lipinski definition) is 1. The van der Waals surface area contributed by atoms with Crippen LogP contribution in [0.4, 0.5) is 0 Å². The second-order valence-corrected chi connectivity index (χ2v) is 3.88. The van der Waals surface area contributed by atoms with Gasteiger partial charge in [-0.15, -0.1) is 0 Å². The van der Waals surface area contributed by atoms with Crippen LogP contribution >= 0.6 is 0 Å². The van der Waals surface area contributed by atoms with Crippen molar-refractivity contribution in [1.29, 1.82) is 0 Å². The fourth-order valence-electron chi connectivity index (χ4n) is 1.47. The van der Waals surface area contributed by atoms with Crippen LogP contribution in [-0.2, 0) is 4.79 Å². The number of allylic oxidation sites excluding steroid dienone is 8. The molecule has 0 radical (unpaired) electrons. The van der Waals surface area contributed by atoms with E-state index >= 15 is 0 Å². The van der Waals surface area contributed by atoms with Crippen LogP contribution < -0.4 is 0 Å². The Hall–Kier alpha value is -2.41. The van der Waals surface area contributed by atoms with Crippen molar-refractivity contribution in [2.24, 2.45) is 0 Å². The first-order chi connectivity index (χ1) is 9.26. The van der Waals surface area contributed by atoms with Crippen LogP contribution in [0, 0.1) is 0 Å². The Labute approximate surface area is 115 Å². The van der Waals surface area contributed by atoms with Crippen molar-refractivity contribution in [1.82, 2.24) is 0 Å². The lowest BCUT2D eigenvalue weighted by atomic mass is 10.1. The standard InChI is InChI=1S/C18H18O/c1-3-8-16(9-4-2)12-14-18(19)15-13-17-10-6-5-7-11-17/h3-15H,1H2,2H3/b9-4-,14-12+,15-13+,16-8+. The number of carbonyl (C=O) groups is 1. The maximum absolute atomic E-state index is 11.7. The SMILES string of the molecule is C=C/C=C(\C=C/C)/C=C/C(=O)/C=C/c1ccccc1. The molecule has 0 amide bonds. The second kappa shape index (κ2) is 8.65. The van der Waals surface area contributed by atoms with Crippen molar-refractivity contribution in [3.8, 4) is 0 Å². The molecule has 0 saturated heterocycles. The molecule has 0 heterocycles. The summed E-state index contributed by atoms with van der Waals surface area (Å²) < 4.78 is 0. The lowest BCUT2D eigenvalue weighted by molar-refractivity contribution is -0.110. The molecule has 1 rings (SSSR count). The molecule has 19 heavy (non-hydrogen) atoms. The number of ketones is 1. The van der Waals surface area contributed by atoms with Gasteiger partial charge in [0.2, 0.25) is 0 Å². The Balaban J connectivity index is 2.67. The maximum atomic E-state index is 11.7. The van der Waals surface area contributed by atoms with Crippen molar-refractivity contribution in [2.45, 2.75) is 6.92 Å². The van der Waals surface area contributed by atoms with Gasteiger partial charge in [0, 0.05) is 0 Å². The van der Waals surface area contributed by atoms with E-state index in [0.717, 1.165) is 11.1 Å². The number of rotatable bonds is 6. The number of hydrogen-bond donors (Lipinski definition) is 0. The third-order valence-electron chi connectivity index (χ3n) is 2.35. The molecular weight excluding hydrogens is 232 g/mol. The molecule has 0 aliphatic heterocycles. The van der Waals surface area contributed by atoms with Crippen LogP contribution in [0.25, 0.3) is 6.08 Å². The molecule has 0 unspecified atom stereocenters. The minimum Gasteiger partial charge on any atom is -0.290 e. The third-order valence-corrected chi connectivity index (χ3v) is 2.35. The molecule has 1 aromatic rings. The van der Waals surface area contributed by atoms with Crippen LogP contribution in [0.5, 0.6) is 0 Å². The lowest BCUT2D eigenvalue weighted by Gasteiger charge is -1.91. The van der Waals surface area contributed by atoms with Crippen LogP contribution in [0.15, 0.2) is 85.0 Å². The van der Waals surface area contributed by atoms with E-state index in [2.05, 4.69) is 6.58 Å². The summed E-state index contributed by atoms with van der Waals surface area (Å²) in [6.07, 6.45) is 14.1. The maximum Gasteiger partial charge on any atom is 0.178 e. The van der Waals surface area contributed by atoms with E-state index in [-0.39, 0.29) is 5.78 Å². The van der Waals surface area contributed by atoms with Gasteiger partial charge in [-0.3, -0.25) is 4.79 Å². The molecule has 0 bridgehead atoms. The Morgan fingerprint density at radius 1 is 1.05 bits per heavy atom. The minimum atomic E-state index is -0.0386. The molecule has 1 heteroatoms. The predicted molar refractivity (Wildman–Crippen MR) is 82.7 cm³/mol. The average molecular weight is 250 g/mol. The van der Waals surface area contributed by atoms with Crippen molar-refractivity contribution in [3.05, 3.63) is 90.6 Å². The summed E-state index contributed by atoms with van der Waals surface area (Å²) in [5, 5.41) is 0. The summed E-state index contributed by atoms with van der Waals surface area (Å²) in [5.74, 6) is -0.0386. The van der Waals surface area contributed by atoms with Gasteiger partial charge >= 0.3 is 0 Å². The molecule has 0 aliphatic rings. The van der Waals surface area contributed by atoms with Gasteiger partial charge in [0.05, 0.1) is 0 Å². The van der Waals surface area contributed by atoms with E-state index in [9.17, 15) is 4.79 Å². The van der Waals surface area contributed by atoms with Crippen LogP contribution in [0.3, 0.4) is 0 Å². The van der Waals surface area contributed by atoms with Crippen molar-refractivity contribution >= 4 is 11.9 Å². The Kier molecular flexibility index (Phi) is 6.67. The highest BCUT2D eigenvalue weighted by Crippen LogP contribution is 2.03. The highest BCUT2D eigenvalue weighted by Gasteiger charge is 1.90. The zero-order valence-electron chi connectivity index (χ0n) is 11.1. The van der Waals surface area contributed by atoms with Gasteiger partial charge in [-0.05, 0) is 30.2 Å². The molecular formula is C18H18O. The first-order valence-electron chi connectivity index (χ1n) is 6.17. The molecule has 1 aromatic carbocycles. The van der Waals surface area contributed by atoms with Gasteiger partial charge in [-0.1, -0.05) is 73.4 Å². The van der Waals surface area contributed by atoms with Crippen LogP contribution in [0.1, 0.15) is 12.5 Å². The van der Waals surface area contributed by atoms with E-state index < -0.39 is 0 Å². The molecule has 96 valence electrons. The topological polar surface area (TPSA) is 17.1 Å². The van der Waals surface area contributed by atoms with E-state index in [1.807, 2.05) is 55.5 Å². The summed E-state index contributed by atoms with van der Waals surface area (Å²) in [5.41, 5.74) is 1.96. The molecule has 1 nitrogen and oxygen atoms in total. The molecule has 0 aliphatic carbocycles. The van der Waals surface area contributed by atoms with Crippen LogP contribution in [-0.4, -0.2) is 5.78 Å². The summed E-state index contributed by atoms with van der Waals surface area (Å²) in [6, 6.07) is 9.74. The highest BCUT2D eigenvalue weighted by molar-refractivity contribution is 6.02. The van der Waals surface area contributed by atoms with Crippen molar-refractivity contribution in [2.75, 3.05) is 0 Å². The average Bonchev–Trinajstić information content (AvgIpc) is 2.44. The summed E-state index contributed by atoms with van der Waals surface area (Å²) in [7, 11) is 0. The molecule has 0 spiro atoms. The zero-order chi connectivity index (χ0) is 13.9. The van der Waals surface area contributed by atoms with Crippen molar-refractivity contribution < 1.29 is 4.79 Å². The Morgan fingerprint density at radius 2 is 1.79 bits per heavy atom. The lowest BCUT2D eigenvalue weighted by Crippen LogP contribution is -1.85. The van der Waals surface area contributed by atoms with E-state index in [1.165, 1.54) is 0 Å². The van der Waals surface area contributed by atoms with Crippen molar-refractivity contribution in [3.63, 3.8) is 0 Å². The molecule has 0 fully saturated rings. The van der Waals surface area contributed by atoms with Gasteiger partial charge in [-0.2, -0.15) is 0 Å². The molecule has 0 N–H and O–H groups in total. The van der Waals surface area contributed by atoms with E-state index in [1.54, 1.807) is 30.4 Å². The van der Waals surface area contributed by atoms with Gasteiger partial charge in [0.1, 0.15) is 0 Å². The smallest absolute Gasteiger partial charge is 0.178 e. The third kappa shape index (κ3) is 6.18. The largest absolute Gasteiger partial charge is 0.290 e. The second-order valence-electron chi connectivity index (χ2n) is 3.88. The molecule has 0 atom stereocenters. The van der Waals surface area contributed by atoms with Gasteiger partial charge in [-0.25, -0.2) is 0 Å². The predicted octanol–water partition coefficient (Wildman–Crippen LogP) is 4.51. The van der Waals surface area contributed by atoms with Gasteiger partial charge in [0.15, 0.2) is 5.78 Å². The molecule has 0 aromatic heterocycles. The summed E-state index contributed by atoms with van der Waals surface area (Å²) in [6.45, 7) is 5.58. The Morgan fingerprint density at radius 3 is 2.42 bits per heavy atom. The first-order valence-corrected chi connectivity index (χ1v) is 6.17. The molecule has 0 saturated carbocycles. The van der Waals surface area contributed by atoms with E-state index in [4.69, 9.17) is 0 Å². The highest BCUT2D eigenvalue weighted by atomic mass is 16.1. The Bertz CT molecular complexity index is 528. The minimum absolute atomic E-state index is 0.0386. The summed E-state index contributed by atoms with van der Waals surface area (Å²) in [4.78, 5) is 11.7. The van der Waals surface area contributed by atoms with Crippen LogP contribution in [0.2, 0.25) is 0 Å². The normalized spacial score (nSPS) is 12.6. The zero-order valence-corrected chi connectivity index (χ0v) is 11.1. The quantitative estimate of drug-likeness (QED) is 0.536. The number of carbonyl (C=O) groups excluding carboxylic acids is 1. The fourth-order valence-corrected chi connectivity index (χ4v) is 1.47. The fraction of sp³-hybridized carbons (Fsp3) is 0.0556. The monoisotopic (exact) mass is 250 g/mol. The number of benzene rings is 1. The van der Waals surface area contributed by atoms with Gasteiger partial charge < -0.3 is 0 Å². The first kappa shape index (κ1) is 14.7. The van der Waals surface area contributed by atoms with Gasteiger partial charge in [0.25, 0.3) is 0 Å².